The van der Waals surface area contributed by atoms with Crippen molar-refractivity contribution in [3.63, 3.8) is 0 Å². The highest BCUT2D eigenvalue weighted by molar-refractivity contribution is 7.03. The van der Waals surface area contributed by atoms with Crippen molar-refractivity contribution in [1.82, 2.24) is 9.97 Å². The molecule has 8 aromatic rings. The summed E-state index contributed by atoms with van der Waals surface area (Å²) in [6.45, 7) is 4.83. The van der Waals surface area contributed by atoms with E-state index < -0.39 is 8.07 Å². The quantitative estimate of drug-likeness (QED) is 0.165. The maximum atomic E-state index is 5.40. The molecule has 0 bridgehead atoms. The van der Waals surface area contributed by atoms with E-state index in [0.717, 1.165) is 33.8 Å². The first-order valence-corrected chi connectivity index (χ1v) is 20.6. The van der Waals surface area contributed by atoms with Gasteiger partial charge in [-0.1, -0.05) is 177 Å². The number of aromatic nitrogens is 2. The maximum Gasteiger partial charge on any atom is 0.159 e. The van der Waals surface area contributed by atoms with Crippen molar-refractivity contribution >= 4 is 18.6 Å². The van der Waals surface area contributed by atoms with Crippen LogP contribution >= 0.6 is 0 Å². The predicted molar refractivity (Wildman–Crippen MR) is 217 cm³/mol. The summed E-state index contributed by atoms with van der Waals surface area (Å²) in [4.78, 5) is 10.7. The van der Waals surface area contributed by atoms with Gasteiger partial charge in [0, 0.05) is 22.0 Å². The molecule has 0 spiro atoms. The molecule has 1 aliphatic rings. The van der Waals surface area contributed by atoms with Gasteiger partial charge in [0.15, 0.2) is 5.82 Å². The normalized spacial score (nSPS) is 12.7. The Kier molecular flexibility index (Phi) is 7.64. The van der Waals surface area contributed by atoms with Crippen LogP contribution in [0.5, 0.6) is 0 Å². The summed E-state index contributed by atoms with van der Waals surface area (Å²) in [5.41, 5.74) is 15.2. The van der Waals surface area contributed by atoms with Gasteiger partial charge in [-0.05, 0) is 73.5 Å². The molecule has 0 saturated heterocycles. The number of nitrogens with zero attached hydrogens (tertiary/aromatic N) is 2. The van der Waals surface area contributed by atoms with Gasteiger partial charge in [-0.15, -0.1) is 0 Å². The first kappa shape index (κ1) is 30.9. The third kappa shape index (κ3) is 5.53. The molecule has 3 heteroatoms. The van der Waals surface area contributed by atoms with Gasteiger partial charge in [-0.3, -0.25) is 0 Å². The molecule has 2 nitrogen and oxygen atoms in total. The minimum atomic E-state index is -2.04. The van der Waals surface area contributed by atoms with Gasteiger partial charge in [0.25, 0.3) is 0 Å². The zero-order chi connectivity index (χ0) is 34.4. The second kappa shape index (κ2) is 12.6. The van der Waals surface area contributed by atoms with Gasteiger partial charge in [0.1, 0.15) is 8.07 Å². The van der Waals surface area contributed by atoms with Crippen molar-refractivity contribution in [3.8, 4) is 78.3 Å². The Balaban J connectivity index is 1.13. The van der Waals surface area contributed by atoms with Crippen molar-refractivity contribution < 1.29 is 0 Å². The first-order chi connectivity index (χ1) is 25.0. The number of benzene rings is 7. The Hall–Kier alpha value is -6.16. The van der Waals surface area contributed by atoms with Crippen LogP contribution in [0.25, 0.3) is 78.3 Å². The van der Waals surface area contributed by atoms with E-state index in [-0.39, 0.29) is 0 Å². The summed E-state index contributed by atoms with van der Waals surface area (Å²) in [5.74, 6) is 0.781. The van der Waals surface area contributed by atoms with Crippen LogP contribution in [0, 0.1) is 0 Å². The summed E-state index contributed by atoms with van der Waals surface area (Å²) < 4.78 is 0. The van der Waals surface area contributed by atoms with Crippen LogP contribution in [0.4, 0.5) is 0 Å². The number of hydrogen-bond acceptors (Lipinski definition) is 2. The standard InChI is InChI=1S/C48H36N2Si/c1-51(2)44-27-13-12-26-42(44)45-46(35-20-10-5-11-21-35)49-47(50-48(45)51)40-25-15-24-38(31-40)36-22-14-23-37(30-36)39-28-29-41(33-16-6-3-7-17-33)43(32-39)34-18-8-4-9-19-34/h3-32H,1-2H3. The molecule has 1 aliphatic heterocycles. The summed E-state index contributed by atoms with van der Waals surface area (Å²) in [7, 11) is -2.04. The number of rotatable bonds is 6. The Bertz CT molecular complexity index is 2540. The molecule has 0 radical (unpaired) electrons. The third-order valence-corrected chi connectivity index (χ3v) is 13.6. The van der Waals surface area contributed by atoms with E-state index in [2.05, 4.69) is 195 Å². The minimum Gasteiger partial charge on any atom is -0.237 e. The average molecular weight is 669 g/mol. The van der Waals surface area contributed by atoms with E-state index in [4.69, 9.17) is 9.97 Å². The van der Waals surface area contributed by atoms with Crippen molar-refractivity contribution in [3.05, 3.63) is 182 Å². The van der Waals surface area contributed by atoms with Crippen molar-refractivity contribution in [1.29, 1.82) is 0 Å². The summed E-state index contributed by atoms with van der Waals surface area (Å²) in [6.07, 6.45) is 0. The molecule has 0 aliphatic carbocycles. The number of fused-ring (bicyclic) bond motifs is 3. The largest absolute Gasteiger partial charge is 0.237 e. The molecule has 0 fully saturated rings. The molecule has 0 atom stereocenters. The van der Waals surface area contributed by atoms with Crippen molar-refractivity contribution in [2.24, 2.45) is 0 Å². The highest BCUT2D eigenvalue weighted by Crippen LogP contribution is 2.39. The average Bonchev–Trinajstić information content (AvgIpc) is 3.44. The van der Waals surface area contributed by atoms with Gasteiger partial charge in [-0.25, -0.2) is 9.97 Å². The molecular formula is C48H36N2Si. The van der Waals surface area contributed by atoms with Crippen LogP contribution in [-0.2, 0) is 0 Å². The fourth-order valence-electron chi connectivity index (χ4n) is 7.64. The zero-order valence-electron chi connectivity index (χ0n) is 28.7. The molecule has 0 unspecified atom stereocenters. The topological polar surface area (TPSA) is 25.8 Å². The van der Waals surface area contributed by atoms with Gasteiger partial charge >= 0.3 is 0 Å². The van der Waals surface area contributed by atoms with E-state index in [9.17, 15) is 0 Å². The van der Waals surface area contributed by atoms with Gasteiger partial charge < -0.3 is 0 Å². The Morgan fingerprint density at radius 1 is 0.353 bits per heavy atom. The van der Waals surface area contributed by atoms with E-state index in [1.165, 1.54) is 55.0 Å². The van der Waals surface area contributed by atoms with E-state index >= 15 is 0 Å². The molecule has 7 aromatic carbocycles. The third-order valence-electron chi connectivity index (χ3n) is 10.3. The van der Waals surface area contributed by atoms with Gasteiger partial charge in [0.05, 0.1) is 5.69 Å². The first-order valence-electron chi connectivity index (χ1n) is 17.6. The highest BCUT2D eigenvalue weighted by Gasteiger charge is 2.41. The monoisotopic (exact) mass is 668 g/mol. The summed E-state index contributed by atoms with van der Waals surface area (Å²) in [6, 6.07) is 65.2. The Morgan fingerprint density at radius 3 is 1.49 bits per heavy atom. The smallest absolute Gasteiger partial charge is 0.159 e. The van der Waals surface area contributed by atoms with Crippen LogP contribution in [0.3, 0.4) is 0 Å². The van der Waals surface area contributed by atoms with Crippen LogP contribution in [0.2, 0.25) is 13.1 Å². The zero-order valence-corrected chi connectivity index (χ0v) is 29.7. The second-order valence-corrected chi connectivity index (χ2v) is 18.1. The summed E-state index contributed by atoms with van der Waals surface area (Å²) in [5, 5.41) is 2.65. The Morgan fingerprint density at radius 2 is 0.843 bits per heavy atom. The van der Waals surface area contributed by atoms with Crippen LogP contribution in [0.1, 0.15) is 0 Å². The van der Waals surface area contributed by atoms with E-state index in [1.54, 1.807) is 0 Å². The summed E-state index contributed by atoms with van der Waals surface area (Å²) >= 11 is 0. The van der Waals surface area contributed by atoms with Crippen LogP contribution in [0.15, 0.2) is 182 Å². The van der Waals surface area contributed by atoms with Crippen molar-refractivity contribution in [2.45, 2.75) is 13.1 Å². The Labute approximate surface area is 300 Å². The fourth-order valence-corrected chi connectivity index (χ4v) is 10.6. The molecular weight excluding hydrogens is 633 g/mol. The molecule has 9 rings (SSSR count). The molecule has 242 valence electrons. The lowest BCUT2D eigenvalue weighted by molar-refractivity contribution is 1.21. The molecule has 0 saturated carbocycles. The fraction of sp³-hybridized carbons (Fsp3) is 0.0417. The van der Waals surface area contributed by atoms with E-state index in [0.29, 0.717) is 0 Å². The lowest BCUT2D eigenvalue weighted by Crippen LogP contribution is -2.50. The van der Waals surface area contributed by atoms with Gasteiger partial charge in [0.2, 0.25) is 0 Å². The van der Waals surface area contributed by atoms with Crippen molar-refractivity contribution in [2.75, 3.05) is 0 Å². The highest BCUT2D eigenvalue weighted by atomic mass is 28.3. The molecule has 51 heavy (non-hydrogen) atoms. The SMILES string of the molecule is C[Si]1(C)c2ccccc2-c2c(-c3ccccc3)nc(-c3cccc(-c4cccc(-c5ccc(-c6ccccc6)c(-c6ccccc6)c5)c4)c3)nc21. The van der Waals surface area contributed by atoms with E-state index in [1.807, 2.05) is 0 Å². The molecule has 0 N–H and O–H groups in total. The predicted octanol–water partition coefficient (Wildman–Crippen LogP) is 11.3. The second-order valence-electron chi connectivity index (χ2n) is 13.8. The maximum absolute atomic E-state index is 5.40. The lowest BCUT2D eigenvalue weighted by atomic mass is 9.90. The molecule has 1 aromatic heterocycles. The molecule has 0 amide bonds. The van der Waals surface area contributed by atoms with Gasteiger partial charge in [-0.2, -0.15) is 0 Å². The number of hydrogen-bond donors (Lipinski definition) is 0. The molecule has 2 heterocycles. The van der Waals surface area contributed by atoms with Crippen LogP contribution < -0.4 is 10.5 Å². The van der Waals surface area contributed by atoms with Crippen LogP contribution in [-0.4, -0.2) is 18.0 Å². The minimum absolute atomic E-state index is 0.781. The lowest BCUT2D eigenvalue weighted by Gasteiger charge is -2.19.